The van der Waals surface area contributed by atoms with Gasteiger partial charge in [-0.25, -0.2) is 4.39 Å². The van der Waals surface area contributed by atoms with Crippen LogP contribution in [0.2, 0.25) is 0 Å². The van der Waals surface area contributed by atoms with Crippen LogP contribution in [-0.2, 0) is 4.74 Å². The number of aromatic nitrogens is 2. The normalized spacial score (nSPS) is 21.4. The third kappa shape index (κ3) is 3.25. The Hall–Kier alpha value is -2.25. The minimum absolute atomic E-state index is 0.0807. The number of nitrogens with one attached hydrogen (secondary N) is 1. The van der Waals surface area contributed by atoms with Crippen LogP contribution < -0.4 is 0 Å². The lowest BCUT2D eigenvalue weighted by Gasteiger charge is -2.37. The molecule has 1 aromatic carbocycles. The van der Waals surface area contributed by atoms with E-state index in [1.54, 1.807) is 23.1 Å². The van der Waals surface area contributed by atoms with Crippen molar-refractivity contribution in [3.05, 3.63) is 41.8 Å². The van der Waals surface area contributed by atoms with Crippen molar-refractivity contribution >= 4 is 5.91 Å². The number of carbonyl (C=O) groups is 1. The molecule has 1 aromatic heterocycles. The maximum atomic E-state index is 13.0. The van der Waals surface area contributed by atoms with Crippen LogP contribution in [0.25, 0.3) is 11.3 Å². The third-order valence-corrected chi connectivity index (χ3v) is 3.92. The summed E-state index contributed by atoms with van der Waals surface area (Å²) in [5, 5.41) is 16.1. The predicted molar refractivity (Wildman–Crippen MR) is 81.3 cm³/mol. The fraction of sp³-hybridized carbons (Fsp3) is 0.375. The molecule has 6 nitrogen and oxygen atoms in total. The monoisotopic (exact) mass is 319 g/mol. The Labute approximate surface area is 132 Å². The van der Waals surface area contributed by atoms with E-state index in [4.69, 9.17) is 4.74 Å². The molecule has 1 fully saturated rings. The van der Waals surface area contributed by atoms with E-state index in [1.165, 1.54) is 12.1 Å². The number of ether oxygens (including phenoxy) is 1. The van der Waals surface area contributed by atoms with Gasteiger partial charge in [0.1, 0.15) is 11.5 Å². The van der Waals surface area contributed by atoms with Crippen LogP contribution in [0.1, 0.15) is 17.4 Å². The van der Waals surface area contributed by atoms with Gasteiger partial charge < -0.3 is 14.7 Å². The number of amides is 1. The summed E-state index contributed by atoms with van der Waals surface area (Å²) in [7, 11) is 0. The van der Waals surface area contributed by atoms with E-state index in [2.05, 4.69) is 10.2 Å². The highest BCUT2D eigenvalue weighted by Gasteiger charge is 2.30. The summed E-state index contributed by atoms with van der Waals surface area (Å²) >= 11 is 0. The molecule has 23 heavy (non-hydrogen) atoms. The van der Waals surface area contributed by atoms with Crippen molar-refractivity contribution in [3.8, 4) is 11.3 Å². The summed E-state index contributed by atoms with van der Waals surface area (Å²) in [5.41, 5.74) is 1.66. The van der Waals surface area contributed by atoms with Crippen molar-refractivity contribution in [2.75, 3.05) is 19.8 Å². The van der Waals surface area contributed by atoms with E-state index in [0.717, 1.165) is 5.56 Å². The molecule has 2 N–H and O–H groups in total. The number of halogens is 1. The lowest BCUT2D eigenvalue weighted by molar-refractivity contribution is -0.0668. The highest BCUT2D eigenvalue weighted by atomic mass is 19.1. The molecule has 0 saturated carbocycles. The lowest BCUT2D eigenvalue weighted by atomic mass is 10.1. The van der Waals surface area contributed by atoms with E-state index < -0.39 is 0 Å². The van der Waals surface area contributed by atoms with Crippen molar-refractivity contribution in [3.63, 3.8) is 0 Å². The van der Waals surface area contributed by atoms with Crippen LogP contribution in [0, 0.1) is 5.82 Å². The second-order valence-electron chi connectivity index (χ2n) is 5.62. The van der Waals surface area contributed by atoms with Gasteiger partial charge in [0.25, 0.3) is 5.91 Å². The second-order valence-corrected chi connectivity index (χ2v) is 5.62. The van der Waals surface area contributed by atoms with Gasteiger partial charge in [0.2, 0.25) is 0 Å². The summed E-state index contributed by atoms with van der Waals surface area (Å²) in [6, 6.07) is 7.48. The number of hydrogen-bond donors (Lipinski definition) is 2. The van der Waals surface area contributed by atoms with Crippen LogP contribution in [0.3, 0.4) is 0 Å². The Balaban J connectivity index is 1.79. The first-order valence-corrected chi connectivity index (χ1v) is 7.43. The molecule has 1 saturated heterocycles. The molecular formula is C16H18FN3O3. The van der Waals surface area contributed by atoms with Gasteiger partial charge in [-0.15, -0.1) is 0 Å². The van der Waals surface area contributed by atoms with E-state index >= 15 is 0 Å². The van der Waals surface area contributed by atoms with Crippen molar-refractivity contribution in [1.29, 1.82) is 0 Å². The number of rotatable bonds is 3. The van der Waals surface area contributed by atoms with Crippen molar-refractivity contribution in [2.45, 2.75) is 19.1 Å². The number of carbonyl (C=O) groups excluding carboxylic acids is 1. The first kappa shape index (κ1) is 15.6. The molecule has 3 rings (SSSR count). The Morgan fingerprint density at radius 2 is 2.22 bits per heavy atom. The number of aromatic amines is 1. The molecule has 1 amide bonds. The zero-order valence-electron chi connectivity index (χ0n) is 12.7. The SMILES string of the molecule is CC1COC(CO)CN1C(=O)c1cc(-c2ccc(F)cc2)n[nH]1. The Morgan fingerprint density at radius 3 is 2.91 bits per heavy atom. The van der Waals surface area contributed by atoms with E-state index in [-0.39, 0.29) is 30.5 Å². The predicted octanol–water partition coefficient (Wildman–Crippen LogP) is 1.44. The molecule has 1 aliphatic heterocycles. The number of aliphatic hydroxyl groups is 1. The average molecular weight is 319 g/mol. The van der Waals surface area contributed by atoms with Crippen LogP contribution in [0.4, 0.5) is 4.39 Å². The molecule has 1 aliphatic rings. The molecule has 2 unspecified atom stereocenters. The molecule has 0 radical (unpaired) electrons. The molecule has 2 aromatic rings. The van der Waals surface area contributed by atoms with Crippen molar-refractivity contribution in [1.82, 2.24) is 15.1 Å². The van der Waals surface area contributed by atoms with Gasteiger partial charge >= 0.3 is 0 Å². The average Bonchev–Trinajstić information content (AvgIpc) is 3.05. The summed E-state index contributed by atoms with van der Waals surface area (Å²) in [6.07, 6.45) is -0.366. The van der Waals surface area contributed by atoms with Gasteiger partial charge in [-0.1, -0.05) is 0 Å². The van der Waals surface area contributed by atoms with Crippen LogP contribution in [0.5, 0.6) is 0 Å². The van der Waals surface area contributed by atoms with E-state index in [1.807, 2.05) is 6.92 Å². The van der Waals surface area contributed by atoms with Gasteiger partial charge in [0, 0.05) is 12.1 Å². The fourth-order valence-electron chi connectivity index (χ4n) is 2.57. The summed E-state index contributed by atoms with van der Waals surface area (Å²) < 4.78 is 18.4. The van der Waals surface area contributed by atoms with E-state index in [0.29, 0.717) is 24.5 Å². The fourth-order valence-corrected chi connectivity index (χ4v) is 2.57. The molecule has 122 valence electrons. The summed E-state index contributed by atoms with van der Waals surface area (Å²) in [6.45, 7) is 2.49. The number of morpholine rings is 1. The largest absolute Gasteiger partial charge is 0.394 e. The molecule has 0 spiro atoms. The first-order chi connectivity index (χ1) is 11.1. The summed E-state index contributed by atoms with van der Waals surface area (Å²) in [4.78, 5) is 14.3. The minimum atomic E-state index is -0.366. The maximum Gasteiger partial charge on any atom is 0.272 e. The highest BCUT2D eigenvalue weighted by Crippen LogP contribution is 2.20. The second kappa shape index (κ2) is 6.47. The van der Waals surface area contributed by atoms with Gasteiger partial charge in [-0.3, -0.25) is 9.89 Å². The van der Waals surface area contributed by atoms with Crippen LogP contribution >= 0.6 is 0 Å². The highest BCUT2D eigenvalue weighted by molar-refractivity contribution is 5.93. The van der Waals surface area contributed by atoms with Gasteiger partial charge in [-0.2, -0.15) is 5.10 Å². The van der Waals surface area contributed by atoms with Gasteiger partial charge in [0.05, 0.1) is 31.1 Å². The number of hydrogen-bond acceptors (Lipinski definition) is 4. The molecule has 0 aliphatic carbocycles. The summed E-state index contributed by atoms with van der Waals surface area (Å²) in [5.74, 6) is -0.516. The van der Waals surface area contributed by atoms with Gasteiger partial charge in [-0.05, 0) is 37.3 Å². The Morgan fingerprint density at radius 1 is 1.48 bits per heavy atom. The molecular weight excluding hydrogens is 301 g/mol. The standard InChI is InChI=1S/C16H18FN3O3/c1-10-9-23-13(8-21)7-20(10)16(22)15-6-14(18-19-15)11-2-4-12(17)5-3-11/h2-6,10,13,21H,7-9H2,1H3,(H,18,19). The smallest absolute Gasteiger partial charge is 0.272 e. The maximum absolute atomic E-state index is 13.0. The number of aliphatic hydroxyl groups excluding tert-OH is 1. The minimum Gasteiger partial charge on any atom is -0.394 e. The number of nitrogens with zero attached hydrogens (tertiary/aromatic N) is 2. The van der Waals surface area contributed by atoms with Crippen LogP contribution in [-0.4, -0.2) is 58.0 Å². The molecule has 2 heterocycles. The van der Waals surface area contributed by atoms with Crippen molar-refractivity contribution in [2.24, 2.45) is 0 Å². The lowest BCUT2D eigenvalue weighted by Crippen LogP contribution is -2.52. The Bertz CT molecular complexity index is 686. The third-order valence-electron chi connectivity index (χ3n) is 3.92. The quantitative estimate of drug-likeness (QED) is 0.897. The van der Waals surface area contributed by atoms with E-state index in [9.17, 15) is 14.3 Å². The zero-order valence-corrected chi connectivity index (χ0v) is 12.7. The molecule has 0 bridgehead atoms. The van der Waals surface area contributed by atoms with Crippen LogP contribution in [0.15, 0.2) is 30.3 Å². The molecule has 2 atom stereocenters. The Kier molecular flexibility index (Phi) is 4.40. The van der Waals surface area contributed by atoms with Crippen molar-refractivity contribution < 1.29 is 19.0 Å². The molecule has 7 heteroatoms. The topological polar surface area (TPSA) is 78.5 Å². The number of H-pyrrole nitrogens is 1. The number of benzene rings is 1. The first-order valence-electron chi connectivity index (χ1n) is 7.43. The van der Waals surface area contributed by atoms with Gasteiger partial charge in [0.15, 0.2) is 0 Å². The zero-order chi connectivity index (χ0) is 16.4.